The predicted molar refractivity (Wildman–Crippen MR) is 95.5 cm³/mol. The van der Waals surface area contributed by atoms with Crippen molar-refractivity contribution in [2.24, 2.45) is 0 Å². The third-order valence-electron chi connectivity index (χ3n) is 4.24. The van der Waals surface area contributed by atoms with Gasteiger partial charge in [-0.3, -0.25) is 4.79 Å². The predicted octanol–water partition coefficient (Wildman–Crippen LogP) is 3.62. The number of nitrogens with one attached hydrogen (secondary N) is 1. The second-order valence-electron chi connectivity index (χ2n) is 6.00. The van der Waals surface area contributed by atoms with Crippen LogP contribution in [0.4, 0.5) is 20.2 Å². The third-order valence-corrected chi connectivity index (χ3v) is 4.48. The fourth-order valence-corrected chi connectivity index (χ4v) is 3.00. The first-order valence-electron chi connectivity index (χ1n) is 7.94. The zero-order valence-electron chi connectivity index (χ0n) is 13.7. The van der Waals surface area contributed by atoms with Crippen molar-refractivity contribution in [3.63, 3.8) is 0 Å². The van der Waals surface area contributed by atoms with Crippen molar-refractivity contribution in [2.75, 3.05) is 43.4 Å². The van der Waals surface area contributed by atoms with Crippen molar-refractivity contribution < 1.29 is 13.6 Å². The molecule has 0 saturated carbocycles. The number of hydrogen-bond acceptors (Lipinski definition) is 3. The second kappa shape index (κ2) is 7.37. The molecule has 1 saturated heterocycles. The van der Waals surface area contributed by atoms with Gasteiger partial charge in [0.05, 0.1) is 11.4 Å². The van der Waals surface area contributed by atoms with Crippen molar-refractivity contribution in [3.05, 3.63) is 58.6 Å². The zero-order valence-corrected chi connectivity index (χ0v) is 14.5. The van der Waals surface area contributed by atoms with Gasteiger partial charge in [-0.25, -0.2) is 8.78 Å². The number of anilines is 2. The minimum absolute atomic E-state index is 0.433. The number of piperazine rings is 1. The fraction of sp³-hybridized carbons (Fsp3) is 0.278. The highest BCUT2D eigenvalue weighted by Gasteiger charge is 2.21. The Bertz CT molecular complexity index is 772. The lowest BCUT2D eigenvalue weighted by Gasteiger charge is -2.35. The normalized spacial score (nSPS) is 15.3. The van der Waals surface area contributed by atoms with Crippen LogP contribution in [0.1, 0.15) is 10.4 Å². The molecule has 0 unspecified atom stereocenters. The average molecular weight is 366 g/mol. The van der Waals surface area contributed by atoms with Crippen LogP contribution in [-0.4, -0.2) is 44.0 Å². The summed E-state index contributed by atoms with van der Waals surface area (Å²) >= 11 is 6.04. The highest BCUT2D eigenvalue weighted by atomic mass is 35.5. The SMILES string of the molecule is CN1CCN(c2ccc(Cl)cc2NC(=O)c2c(F)cccc2F)CC1. The van der Waals surface area contributed by atoms with E-state index in [2.05, 4.69) is 15.1 Å². The molecule has 1 aliphatic rings. The molecule has 2 aromatic rings. The van der Waals surface area contributed by atoms with Gasteiger partial charge in [0.25, 0.3) is 5.91 Å². The van der Waals surface area contributed by atoms with Crippen molar-refractivity contribution in [1.82, 2.24) is 4.90 Å². The first-order valence-corrected chi connectivity index (χ1v) is 8.32. The Morgan fingerprint density at radius 1 is 1.08 bits per heavy atom. The Balaban J connectivity index is 1.89. The van der Waals surface area contributed by atoms with E-state index in [0.29, 0.717) is 10.7 Å². The Kier molecular flexibility index (Phi) is 5.20. The molecule has 0 atom stereocenters. The number of amides is 1. The van der Waals surface area contributed by atoms with Crippen LogP contribution < -0.4 is 10.2 Å². The molecule has 0 aliphatic carbocycles. The summed E-state index contributed by atoms with van der Waals surface area (Å²) in [6, 6.07) is 8.45. The van der Waals surface area contributed by atoms with E-state index < -0.39 is 23.1 Å². The van der Waals surface area contributed by atoms with Crippen LogP contribution in [0.15, 0.2) is 36.4 Å². The number of likely N-dealkylation sites (N-methyl/N-ethyl adjacent to an activating group) is 1. The standard InChI is InChI=1S/C18H18ClF2N3O/c1-23-7-9-24(10-8-23)16-6-5-12(19)11-15(16)22-18(25)17-13(20)3-2-4-14(17)21/h2-6,11H,7-10H2,1H3,(H,22,25). The maximum Gasteiger partial charge on any atom is 0.261 e. The van der Waals surface area contributed by atoms with Crippen LogP contribution >= 0.6 is 11.6 Å². The van der Waals surface area contributed by atoms with E-state index in [1.54, 1.807) is 18.2 Å². The summed E-state index contributed by atoms with van der Waals surface area (Å²) in [6.07, 6.45) is 0. The molecule has 2 aromatic carbocycles. The van der Waals surface area contributed by atoms with Crippen LogP contribution in [-0.2, 0) is 0 Å². The third kappa shape index (κ3) is 3.91. The zero-order chi connectivity index (χ0) is 18.0. The van der Waals surface area contributed by atoms with E-state index in [1.165, 1.54) is 6.07 Å². The molecular formula is C18H18ClF2N3O. The molecule has 1 aliphatic heterocycles. The molecule has 0 spiro atoms. The fourth-order valence-electron chi connectivity index (χ4n) is 2.83. The van der Waals surface area contributed by atoms with Crippen molar-refractivity contribution >= 4 is 28.9 Å². The van der Waals surface area contributed by atoms with Gasteiger partial charge in [-0.15, -0.1) is 0 Å². The van der Waals surface area contributed by atoms with Gasteiger partial charge in [0, 0.05) is 31.2 Å². The van der Waals surface area contributed by atoms with Crippen LogP contribution in [0, 0.1) is 11.6 Å². The van der Waals surface area contributed by atoms with Gasteiger partial charge in [-0.1, -0.05) is 17.7 Å². The Labute approximate surface area is 150 Å². The molecular weight excluding hydrogens is 348 g/mol. The lowest BCUT2D eigenvalue weighted by Crippen LogP contribution is -2.44. The van der Waals surface area contributed by atoms with Crippen molar-refractivity contribution in [1.29, 1.82) is 0 Å². The number of hydrogen-bond donors (Lipinski definition) is 1. The lowest BCUT2D eigenvalue weighted by atomic mass is 10.1. The van der Waals surface area contributed by atoms with E-state index in [9.17, 15) is 13.6 Å². The number of carbonyl (C=O) groups is 1. The molecule has 0 aromatic heterocycles. The smallest absolute Gasteiger partial charge is 0.261 e. The van der Waals surface area contributed by atoms with E-state index in [4.69, 9.17) is 11.6 Å². The molecule has 3 rings (SSSR count). The summed E-state index contributed by atoms with van der Waals surface area (Å²) in [5, 5.41) is 3.03. The van der Waals surface area contributed by atoms with E-state index in [0.717, 1.165) is 44.0 Å². The molecule has 4 nitrogen and oxygen atoms in total. The first kappa shape index (κ1) is 17.6. The molecule has 1 N–H and O–H groups in total. The molecule has 7 heteroatoms. The van der Waals surface area contributed by atoms with Crippen LogP contribution in [0.2, 0.25) is 5.02 Å². The Morgan fingerprint density at radius 2 is 1.72 bits per heavy atom. The van der Waals surface area contributed by atoms with Gasteiger partial charge in [-0.05, 0) is 37.4 Å². The monoisotopic (exact) mass is 365 g/mol. The summed E-state index contributed by atoms with van der Waals surface area (Å²) in [7, 11) is 2.04. The quantitative estimate of drug-likeness (QED) is 0.902. The first-order chi connectivity index (χ1) is 12.0. The van der Waals surface area contributed by atoms with Crippen LogP contribution in [0.3, 0.4) is 0 Å². The molecule has 1 amide bonds. The largest absolute Gasteiger partial charge is 0.367 e. The van der Waals surface area contributed by atoms with Crippen LogP contribution in [0.25, 0.3) is 0 Å². The summed E-state index contributed by atoms with van der Waals surface area (Å²) in [5.74, 6) is -2.64. The summed E-state index contributed by atoms with van der Waals surface area (Å²) < 4.78 is 27.7. The summed E-state index contributed by atoms with van der Waals surface area (Å²) in [4.78, 5) is 16.7. The highest BCUT2D eigenvalue weighted by Crippen LogP contribution is 2.30. The average Bonchev–Trinajstić information content (AvgIpc) is 2.56. The van der Waals surface area contributed by atoms with E-state index >= 15 is 0 Å². The topological polar surface area (TPSA) is 35.6 Å². The lowest BCUT2D eigenvalue weighted by molar-refractivity contribution is 0.101. The Morgan fingerprint density at radius 3 is 2.36 bits per heavy atom. The number of rotatable bonds is 3. The number of nitrogens with zero attached hydrogens (tertiary/aromatic N) is 2. The minimum atomic E-state index is -0.902. The van der Waals surface area contributed by atoms with E-state index in [-0.39, 0.29) is 0 Å². The van der Waals surface area contributed by atoms with Crippen LogP contribution in [0.5, 0.6) is 0 Å². The molecule has 1 fully saturated rings. The number of carbonyl (C=O) groups excluding carboxylic acids is 1. The molecule has 0 bridgehead atoms. The highest BCUT2D eigenvalue weighted by molar-refractivity contribution is 6.31. The number of benzene rings is 2. The van der Waals surface area contributed by atoms with Crippen molar-refractivity contribution in [2.45, 2.75) is 0 Å². The minimum Gasteiger partial charge on any atom is -0.367 e. The van der Waals surface area contributed by atoms with E-state index in [1.807, 2.05) is 7.05 Å². The maximum absolute atomic E-state index is 13.8. The maximum atomic E-state index is 13.8. The molecule has 0 radical (unpaired) electrons. The number of halogens is 3. The Hall–Kier alpha value is -2.18. The van der Waals surface area contributed by atoms with Gasteiger partial charge in [0.2, 0.25) is 0 Å². The molecule has 1 heterocycles. The van der Waals surface area contributed by atoms with Crippen molar-refractivity contribution in [3.8, 4) is 0 Å². The van der Waals surface area contributed by atoms with Gasteiger partial charge in [-0.2, -0.15) is 0 Å². The summed E-state index contributed by atoms with van der Waals surface area (Å²) in [6.45, 7) is 3.35. The summed E-state index contributed by atoms with van der Waals surface area (Å²) in [5.41, 5.74) is 0.610. The van der Waals surface area contributed by atoms with Gasteiger partial charge < -0.3 is 15.1 Å². The van der Waals surface area contributed by atoms with Gasteiger partial charge in [0.15, 0.2) is 0 Å². The van der Waals surface area contributed by atoms with Gasteiger partial charge in [0.1, 0.15) is 17.2 Å². The molecule has 132 valence electrons. The molecule has 25 heavy (non-hydrogen) atoms. The second-order valence-corrected chi connectivity index (χ2v) is 6.44. The van der Waals surface area contributed by atoms with Gasteiger partial charge >= 0.3 is 0 Å².